The molecule has 2 rings (SSSR count). The second-order valence-electron chi connectivity index (χ2n) is 4.70. The van der Waals surface area contributed by atoms with Crippen molar-refractivity contribution in [2.24, 2.45) is 5.92 Å². The minimum atomic E-state index is -0.00102. The van der Waals surface area contributed by atoms with Gasteiger partial charge in [0.2, 0.25) is 0 Å². The van der Waals surface area contributed by atoms with Crippen LogP contribution in [0.25, 0.3) is 0 Å². The second kappa shape index (κ2) is 5.36. The molecule has 1 unspecified atom stereocenters. The van der Waals surface area contributed by atoms with Crippen LogP contribution in [0.5, 0.6) is 0 Å². The average Bonchev–Trinajstić information content (AvgIpc) is 2.77. The number of piperidine rings is 1. The molecule has 1 aliphatic rings. The summed E-state index contributed by atoms with van der Waals surface area (Å²) in [5, 5.41) is 0. The molecule has 0 radical (unpaired) electrons. The van der Waals surface area contributed by atoms with Crippen molar-refractivity contribution in [2.45, 2.75) is 26.4 Å². The van der Waals surface area contributed by atoms with Gasteiger partial charge in [-0.15, -0.1) is 0 Å². The zero-order valence-corrected chi connectivity index (χ0v) is 10.4. The highest BCUT2D eigenvalue weighted by molar-refractivity contribution is 5.91. The Kier molecular flexibility index (Phi) is 3.84. The fourth-order valence-corrected chi connectivity index (χ4v) is 2.24. The Bertz CT molecular complexity index is 386. The number of ether oxygens (including phenoxy) is 1. The van der Waals surface area contributed by atoms with Gasteiger partial charge in [-0.25, -0.2) is 0 Å². The molecule has 1 amide bonds. The maximum absolute atomic E-state index is 12.2. The van der Waals surface area contributed by atoms with E-state index in [1.54, 1.807) is 19.2 Å². The van der Waals surface area contributed by atoms with Gasteiger partial charge in [-0.05, 0) is 30.9 Å². The van der Waals surface area contributed by atoms with Gasteiger partial charge >= 0.3 is 0 Å². The van der Waals surface area contributed by atoms with Crippen LogP contribution in [0.2, 0.25) is 0 Å². The highest BCUT2D eigenvalue weighted by atomic mass is 16.5. The van der Waals surface area contributed by atoms with E-state index in [0.29, 0.717) is 24.0 Å². The van der Waals surface area contributed by atoms with Crippen LogP contribution in [-0.4, -0.2) is 31.0 Å². The Hall–Kier alpha value is -1.29. The maximum atomic E-state index is 12.2. The van der Waals surface area contributed by atoms with Gasteiger partial charge < -0.3 is 14.1 Å². The lowest BCUT2D eigenvalue weighted by atomic mass is 10.0. The molecule has 4 heteroatoms. The van der Waals surface area contributed by atoms with Crippen molar-refractivity contribution in [3.8, 4) is 0 Å². The van der Waals surface area contributed by atoms with E-state index in [4.69, 9.17) is 9.15 Å². The molecular weight excluding hydrogens is 218 g/mol. The molecule has 0 aromatic carbocycles. The van der Waals surface area contributed by atoms with Crippen molar-refractivity contribution in [1.82, 2.24) is 4.90 Å². The minimum Gasteiger partial charge on any atom is -0.453 e. The molecule has 0 aliphatic carbocycles. The molecule has 1 aromatic heterocycles. The standard InChI is InChI=1S/C13H19NO3/c1-10-4-3-7-14(8-10)13(15)12-6-5-11(17-12)9-16-2/h5-6,10H,3-4,7-9H2,1-2H3. The smallest absolute Gasteiger partial charge is 0.289 e. The van der Waals surface area contributed by atoms with E-state index in [-0.39, 0.29) is 5.91 Å². The van der Waals surface area contributed by atoms with Crippen LogP contribution < -0.4 is 0 Å². The third-order valence-corrected chi connectivity index (χ3v) is 3.10. The summed E-state index contributed by atoms with van der Waals surface area (Å²) in [5.41, 5.74) is 0. The Balaban J connectivity index is 2.02. The van der Waals surface area contributed by atoms with Crippen LogP contribution in [0.3, 0.4) is 0 Å². The average molecular weight is 237 g/mol. The van der Waals surface area contributed by atoms with Crippen LogP contribution >= 0.6 is 0 Å². The van der Waals surface area contributed by atoms with E-state index < -0.39 is 0 Å². The number of furan rings is 1. The van der Waals surface area contributed by atoms with Gasteiger partial charge in [-0.1, -0.05) is 6.92 Å². The van der Waals surface area contributed by atoms with Crippen LogP contribution in [0, 0.1) is 5.92 Å². The number of rotatable bonds is 3. The molecule has 1 aliphatic heterocycles. The van der Waals surface area contributed by atoms with Gasteiger partial charge in [-0.2, -0.15) is 0 Å². The summed E-state index contributed by atoms with van der Waals surface area (Å²) < 4.78 is 10.4. The molecule has 94 valence electrons. The molecule has 0 saturated carbocycles. The zero-order valence-electron chi connectivity index (χ0n) is 10.4. The number of nitrogens with zero attached hydrogens (tertiary/aromatic N) is 1. The number of carbonyl (C=O) groups is 1. The summed E-state index contributed by atoms with van der Waals surface area (Å²) >= 11 is 0. The van der Waals surface area contributed by atoms with E-state index in [0.717, 1.165) is 19.5 Å². The highest BCUT2D eigenvalue weighted by Crippen LogP contribution is 2.19. The Morgan fingerprint density at radius 2 is 2.41 bits per heavy atom. The van der Waals surface area contributed by atoms with E-state index >= 15 is 0 Å². The van der Waals surface area contributed by atoms with Crippen molar-refractivity contribution in [3.63, 3.8) is 0 Å². The van der Waals surface area contributed by atoms with Crippen molar-refractivity contribution in [1.29, 1.82) is 0 Å². The molecule has 1 saturated heterocycles. The first-order valence-corrected chi connectivity index (χ1v) is 6.07. The molecule has 0 bridgehead atoms. The quantitative estimate of drug-likeness (QED) is 0.810. The lowest BCUT2D eigenvalue weighted by Gasteiger charge is -2.30. The van der Waals surface area contributed by atoms with Gasteiger partial charge in [0, 0.05) is 20.2 Å². The van der Waals surface area contributed by atoms with E-state index in [1.807, 2.05) is 4.90 Å². The number of amides is 1. The first-order valence-electron chi connectivity index (χ1n) is 6.07. The topological polar surface area (TPSA) is 42.7 Å². The van der Waals surface area contributed by atoms with Crippen LogP contribution in [0.15, 0.2) is 16.5 Å². The molecular formula is C13H19NO3. The molecule has 0 spiro atoms. The molecule has 4 nitrogen and oxygen atoms in total. The summed E-state index contributed by atoms with van der Waals surface area (Å²) in [4.78, 5) is 14.0. The van der Waals surface area contributed by atoms with Crippen LogP contribution in [0.4, 0.5) is 0 Å². The summed E-state index contributed by atoms with van der Waals surface area (Å²) in [6, 6.07) is 3.53. The summed E-state index contributed by atoms with van der Waals surface area (Å²) in [6.45, 7) is 4.25. The Labute approximate surface area is 102 Å². The third-order valence-electron chi connectivity index (χ3n) is 3.10. The number of likely N-dealkylation sites (tertiary alicyclic amines) is 1. The molecule has 1 atom stereocenters. The zero-order chi connectivity index (χ0) is 12.3. The highest BCUT2D eigenvalue weighted by Gasteiger charge is 2.24. The predicted molar refractivity (Wildman–Crippen MR) is 63.7 cm³/mol. The number of hydrogen-bond donors (Lipinski definition) is 0. The number of methoxy groups -OCH3 is 1. The second-order valence-corrected chi connectivity index (χ2v) is 4.70. The summed E-state index contributed by atoms with van der Waals surface area (Å²) in [5.74, 6) is 1.70. The predicted octanol–water partition coefficient (Wildman–Crippen LogP) is 2.30. The maximum Gasteiger partial charge on any atom is 0.289 e. The molecule has 0 N–H and O–H groups in total. The minimum absolute atomic E-state index is 0.00102. The van der Waals surface area contributed by atoms with Crippen molar-refractivity contribution < 1.29 is 13.9 Å². The Morgan fingerprint density at radius 3 is 3.12 bits per heavy atom. The van der Waals surface area contributed by atoms with Gasteiger partial charge in [0.1, 0.15) is 12.4 Å². The van der Waals surface area contributed by atoms with Gasteiger partial charge in [0.15, 0.2) is 5.76 Å². The van der Waals surface area contributed by atoms with E-state index in [2.05, 4.69) is 6.92 Å². The molecule has 2 heterocycles. The first-order chi connectivity index (χ1) is 8.20. The van der Waals surface area contributed by atoms with Gasteiger partial charge in [-0.3, -0.25) is 4.79 Å². The SMILES string of the molecule is COCc1ccc(C(=O)N2CCCC(C)C2)o1. The third kappa shape index (κ3) is 2.88. The lowest BCUT2D eigenvalue weighted by Crippen LogP contribution is -2.38. The molecule has 17 heavy (non-hydrogen) atoms. The normalized spacial score (nSPS) is 20.6. The van der Waals surface area contributed by atoms with Crippen molar-refractivity contribution in [2.75, 3.05) is 20.2 Å². The van der Waals surface area contributed by atoms with E-state index in [1.165, 1.54) is 6.42 Å². The van der Waals surface area contributed by atoms with Crippen LogP contribution in [0.1, 0.15) is 36.1 Å². The fraction of sp³-hybridized carbons (Fsp3) is 0.615. The molecule has 1 aromatic rings. The lowest BCUT2D eigenvalue weighted by molar-refractivity contribution is 0.0644. The van der Waals surface area contributed by atoms with Gasteiger partial charge in [0.05, 0.1) is 0 Å². The van der Waals surface area contributed by atoms with Crippen molar-refractivity contribution in [3.05, 3.63) is 23.7 Å². The van der Waals surface area contributed by atoms with Gasteiger partial charge in [0.25, 0.3) is 5.91 Å². The Morgan fingerprint density at radius 1 is 1.59 bits per heavy atom. The first kappa shape index (κ1) is 12.2. The van der Waals surface area contributed by atoms with Crippen molar-refractivity contribution >= 4 is 5.91 Å². The van der Waals surface area contributed by atoms with E-state index in [9.17, 15) is 4.79 Å². The summed E-state index contributed by atoms with van der Waals surface area (Å²) in [7, 11) is 1.61. The number of carbonyl (C=O) groups excluding carboxylic acids is 1. The van der Waals surface area contributed by atoms with Crippen LogP contribution in [-0.2, 0) is 11.3 Å². The monoisotopic (exact) mass is 237 g/mol. The molecule has 1 fully saturated rings. The number of hydrogen-bond acceptors (Lipinski definition) is 3. The summed E-state index contributed by atoms with van der Waals surface area (Å²) in [6.07, 6.45) is 2.29. The largest absolute Gasteiger partial charge is 0.453 e. The fourth-order valence-electron chi connectivity index (χ4n) is 2.24.